The highest BCUT2D eigenvalue weighted by atomic mass is 14.6. The molecule has 2 heteroatoms. The summed E-state index contributed by atoms with van der Waals surface area (Å²) in [7, 11) is 0. The molecule has 0 heterocycles. The summed E-state index contributed by atoms with van der Waals surface area (Å²) >= 11 is 0. The molecule has 4 aliphatic carbocycles. The van der Waals surface area contributed by atoms with Crippen LogP contribution < -0.4 is 11.5 Å². The van der Waals surface area contributed by atoms with E-state index in [-0.39, 0.29) is 0 Å². The lowest BCUT2D eigenvalue weighted by molar-refractivity contribution is 0.110. The molecule has 3 atom stereocenters. The molecular formula is C30H40N2. The molecule has 2 aromatic carbocycles. The molecular weight excluding hydrogens is 388 g/mol. The van der Waals surface area contributed by atoms with Crippen molar-refractivity contribution in [2.75, 3.05) is 11.5 Å². The number of hydrogen-bond acceptors (Lipinski definition) is 2. The summed E-state index contributed by atoms with van der Waals surface area (Å²) in [6, 6.07) is 9.48. The fourth-order valence-electron chi connectivity index (χ4n) is 7.57. The van der Waals surface area contributed by atoms with Gasteiger partial charge in [-0.2, -0.15) is 0 Å². The third-order valence-electron chi connectivity index (χ3n) is 10.2. The second kappa shape index (κ2) is 7.82. The molecule has 4 aliphatic rings. The quantitative estimate of drug-likeness (QED) is 0.515. The number of nitrogens with two attached hydrogens (primary N) is 2. The number of hydrogen-bond donors (Lipinski definition) is 2. The van der Waals surface area contributed by atoms with Crippen LogP contribution in [0.2, 0.25) is 0 Å². The minimum Gasteiger partial charge on any atom is -0.398 e. The maximum absolute atomic E-state index is 6.77. The van der Waals surface area contributed by atoms with Crippen LogP contribution in [0.15, 0.2) is 24.3 Å². The lowest BCUT2D eigenvalue weighted by Crippen LogP contribution is -2.33. The Morgan fingerprint density at radius 1 is 0.688 bits per heavy atom. The van der Waals surface area contributed by atoms with E-state index in [4.69, 9.17) is 11.5 Å². The van der Waals surface area contributed by atoms with Crippen molar-refractivity contribution >= 4 is 11.4 Å². The van der Waals surface area contributed by atoms with Gasteiger partial charge in [0.15, 0.2) is 0 Å². The van der Waals surface area contributed by atoms with Gasteiger partial charge in [0.1, 0.15) is 0 Å². The van der Waals surface area contributed by atoms with Crippen LogP contribution in [0, 0.1) is 23.7 Å². The molecule has 0 bridgehead atoms. The van der Waals surface area contributed by atoms with Gasteiger partial charge in [-0.1, -0.05) is 44.5 Å². The number of nitrogen functional groups attached to an aromatic ring is 2. The molecule has 0 spiro atoms. The Balaban J connectivity index is 1.11. The van der Waals surface area contributed by atoms with Crippen molar-refractivity contribution in [3.63, 3.8) is 0 Å². The maximum atomic E-state index is 6.77. The second-order valence-corrected chi connectivity index (χ2v) is 11.7. The molecule has 32 heavy (non-hydrogen) atoms. The Hall–Kier alpha value is -1.96. The van der Waals surface area contributed by atoms with Crippen LogP contribution in [0.25, 0.3) is 0 Å². The Labute approximate surface area is 194 Å². The number of benzene rings is 2. The molecule has 0 radical (unpaired) electrons. The third kappa shape index (κ3) is 3.20. The Morgan fingerprint density at radius 2 is 1.34 bits per heavy atom. The Morgan fingerprint density at radius 3 is 2.03 bits per heavy atom. The average Bonchev–Trinajstić information content (AvgIpc) is 3.33. The first-order valence-electron chi connectivity index (χ1n) is 13.3. The number of rotatable bonds is 5. The Kier molecular flexibility index (Phi) is 5.04. The van der Waals surface area contributed by atoms with Crippen molar-refractivity contribution in [1.29, 1.82) is 0 Å². The van der Waals surface area contributed by atoms with Crippen LogP contribution in [-0.2, 0) is 25.7 Å². The number of aryl methyl sites for hydroxylation is 1. The van der Waals surface area contributed by atoms with E-state index in [1.54, 1.807) is 0 Å². The highest BCUT2D eigenvalue weighted by Crippen LogP contribution is 2.52. The summed E-state index contributed by atoms with van der Waals surface area (Å²) in [4.78, 5) is 0. The molecule has 170 valence electrons. The predicted octanol–water partition coefficient (Wildman–Crippen LogP) is 6.79. The van der Waals surface area contributed by atoms with Gasteiger partial charge in [-0.25, -0.2) is 0 Å². The lowest BCUT2D eigenvalue weighted by atomic mass is 9.62. The minimum atomic E-state index is 0.584. The van der Waals surface area contributed by atoms with Crippen molar-refractivity contribution in [1.82, 2.24) is 0 Å². The zero-order valence-electron chi connectivity index (χ0n) is 20.0. The van der Waals surface area contributed by atoms with E-state index in [2.05, 4.69) is 38.1 Å². The van der Waals surface area contributed by atoms with Crippen LogP contribution in [0.1, 0.15) is 97.6 Å². The SMILES string of the molecule is C[C@H](c1ccc2c(c1N)CCC2)C1CC(C2Cc3ccc([C@H](C)C4CCC4)c(N)c3C2)C1. The van der Waals surface area contributed by atoms with E-state index in [0.717, 1.165) is 35.0 Å². The van der Waals surface area contributed by atoms with Gasteiger partial charge < -0.3 is 11.5 Å². The standard InChI is InChI=1S/C30H40N2/c1-17(19-5-3-6-19)25-12-10-21-13-24(16-28(21)30(25)32)23-14-22(15-23)18(2)26-11-9-20-7-4-8-27(20)29(26)31/h9-12,17-19,22-24H,3-8,13-16,31-32H2,1-2H3/t17-,18+,22?,23?,24?/m1/s1. The van der Waals surface area contributed by atoms with E-state index < -0.39 is 0 Å². The van der Waals surface area contributed by atoms with Crippen LogP contribution in [0.4, 0.5) is 11.4 Å². The van der Waals surface area contributed by atoms with E-state index in [1.807, 2.05) is 0 Å². The monoisotopic (exact) mass is 428 g/mol. The van der Waals surface area contributed by atoms with E-state index in [9.17, 15) is 0 Å². The van der Waals surface area contributed by atoms with Crippen molar-refractivity contribution in [2.24, 2.45) is 23.7 Å². The van der Waals surface area contributed by atoms with Crippen LogP contribution in [0.3, 0.4) is 0 Å². The van der Waals surface area contributed by atoms with Crippen LogP contribution in [0.5, 0.6) is 0 Å². The Bertz CT molecular complexity index is 1030. The van der Waals surface area contributed by atoms with Crippen molar-refractivity contribution in [2.45, 2.75) is 89.9 Å². The molecule has 2 fully saturated rings. The molecule has 6 rings (SSSR count). The van der Waals surface area contributed by atoms with Gasteiger partial charge in [0.25, 0.3) is 0 Å². The van der Waals surface area contributed by atoms with Gasteiger partial charge in [-0.05, 0) is 127 Å². The fourth-order valence-corrected chi connectivity index (χ4v) is 7.57. The maximum Gasteiger partial charge on any atom is 0.0384 e. The van der Waals surface area contributed by atoms with Crippen molar-refractivity contribution in [3.8, 4) is 0 Å². The molecule has 2 aromatic rings. The smallest absolute Gasteiger partial charge is 0.0384 e. The number of anilines is 2. The molecule has 4 N–H and O–H groups in total. The lowest BCUT2D eigenvalue weighted by Gasteiger charge is -2.43. The first-order chi connectivity index (χ1) is 15.5. The minimum absolute atomic E-state index is 0.584. The van der Waals surface area contributed by atoms with E-state index in [1.165, 1.54) is 97.6 Å². The second-order valence-electron chi connectivity index (χ2n) is 11.7. The topological polar surface area (TPSA) is 52.0 Å². The van der Waals surface area contributed by atoms with E-state index in [0.29, 0.717) is 11.8 Å². The van der Waals surface area contributed by atoms with Crippen molar-refractivity contribution in [3.05, 3.63) is 57.6 Å². The summed E-state index contributed by atoms with van der Waals surface area (Å²) in [5, 5.41) is 0. The fraction of sp³-hybridized carbons (Fsp3) is 0.600. The number of fused-ring (bicyclic) bond motifs is 2. The van der Waals surface area contributed by atoms with E-state index >= 15 is 0 Å². The summed E-state index contributed by atoms with van der Waals surface area (Å²) in [6.07, 6.45) is 13.0. The first kappa shape index (κ1) is 20.6. The highest BCUT2D eigenvalue weighted by Gasteiger charge is 2.41. The van der Waals surface area contributed by atoms with Crippen LogP contribution >= 0.6 is 0 Å². The predicted molar refractivity (Wildman–Crippen MR) is 135 cm³/mol. The first-order valence-corrected chi connectivity index (χ1v) is 13.3. The average molecular weight is 429 g/mol. The third-order valence-corrected chi connectivity index (χ3v) is 10.2. The van der Waals surface area contributed by atoms with Gasteiger partial charge in [0.2, 0.25) is 0 Å². The van der Waals surface area contributed by atoms with Crippen LogP contribution in [-0.4, -0.2) is 0 Å². The van der Waals surface area contributed by atoms with Crippen molar-refractivity contribution < 1.29 is 0 Å². The van der Waals surface area contributed by atoms with Gasteiger partial charge in [0, 0.05) is 11.4 Å². The highest BCUT2D eigenvalue weighted by molar-refractivity contribution is 5.61. The van der Waals surface area contributed by atoms with Gasteiger partial charge in [-0.15, -0.1) is 0 Å². The summed E-state index contributed by atoms with van der Waals surface area (Å²) in [5.41, 5.74) is 24.5. The van der Waals surface area contributed by atoms with Gasteiger partial charge >= 0.3 is 0 Å². The van der Waals surface area contributed by atoms with Gasteiger partial charge in [0.05, 0.1) is 0 Å². The zero-order valence-corrected chi connectivity index (χ0v) is 20.0. The molecule has 2 nitrogen and oxygen atoms in total. The molecule has 0 saturated heterocycles. The molecule has 2 saturated carbocycles. The molecule has 0 aliphatic heterocycles. The summed E-state index contributed by atoms with van der Waals surface area (Å²) < 4.78 is 0. The summed E-state index contributed by atoms with van der Waals surface area (Å²) in [5.74, 6) is 4.51. The molecule has 1 unspecified atom stereocenters. The molecule has 0 amide bonds. The normalized spacial score (nSPS) is 28.5. The van der Waals surface area contributed by atoms with Gasteiger partial charge in [-0.3, -0.25) is 0 Å². The zero-order chi connectivity index (χ0) is 22.0. The largest absolute Gasteiger partial charge is 0.398 e. The summed E-state index contributed by atoms with van der Waals surface area (Å²) in [6.45, 7) is 4.82. The molecule has 0 aromatic heterocycles.